The lowest BCUT2D eigenvalue weighted by Crippen LogP contribution is -2.46. The predicted octanol–water partition coefficient (Wildman–Crippen LogP) is 3.31. The number of rotatable bonds is 6. The second-order valence-corrected chi connectivity index (χ2v) is 11.9. The summed E-state index contributed by atoms with van der Waals surface area (Å²) in [6.07, 6.45) is 9.73. The van der Waals surface area contributed by atoms with E-state index in [1.165, 1.54) is 11.8 Å². The molecule has 31 heavy (non-hydrogen) atoms. The predicted molar refractivity (Wildman–Crippen MR) is 120 cm³/mol. The van der Waals surface area contributed by atoms with Gasteiger partial charge < -0.3 is 14.6 Å². The fourth-order valence-electron chi connectivity index (χ4n) is 5.03. The van der Waals surface area contributed by atoms with Crippen LogP contribution in [0.25, 0.3) is 0 Å². The Balaban J connectivity index is 1.78. The van der Waals surface area contributed by atoms with Crippen molar-refractivity contribution in [3.05, 3.63) is 23.8 Å². The summed E-state index contributed by atoms with van der Waals surface area (Å²) in [5, 5.41) is 9.91. The fourth-order valence-corrected chi connectivity index (χ4v) is 5.32. The van der Waals surface area contributed by atoms with Gasteiger partial charge in [-0.3, -0.25) is 13.8 Å². The number of hydrogen-bond acceptors (Lipinski definition) is 6. The molecule has 1 N–H and O–H groups in total. The Morgan fingerprint density at radius 2 is 2.00 bits per heavy atom. The van der Waals surface area contributed by atoms with E-state index in [1.807, 2.05) is 0 Å². The van der Waals surface area contributed by atoms with E-state index >= 15 is 0 Å². The molecule has 0 spiro atoms. The van der Waals surface area contributed by atoms with Crippen molar-refractivity contribution < 1.29 is 28.4 Å². The first kappa shape index (κ1) is 24.2. The summed E-state index contributed by atoms with van der Waals surface area (Å²) in [5.41, 5.74) is 1.19. The fraction of sp³-hybridized carbons (Fsp3) is 0.750. The molecule has 7 heteroatoms. The monoisotopic (exact) mass is 452 g/mol. The minimum absolute atomic E-state index is 0.0606. The van der Waals surface area contributed by atoms with E-state index in [0.29, 0.717) is 12.8 Å². The van der Waals surface area contributed by atoms with Crippen molar-refractivity contribution in [1.29, 1.82) is 0 Å². The van der Waals surface area contributed by atoms with Gasteiger partial charge in [-0.1, -0.05) is 32.1 Å². The van der Waals surface area contributed by atoms with Crippen LogP contribution >= 0.6 is 0 Å². The quantitative estimate of drug-likeness (QED) is 0.622. The lowest BCUT2D eigenvalue weighted by molar-refractivity contribution is -0.161. The van der Waals surface area contributed by atoms with Crippen LogP contribution in [0.2, 0.25) is 0 Å². The molecule has 1 heterocycles. The van der Waals surface area contributed by atoms with Gasteiger partial charge in [0, 0.05) is 29.4 Å². The number of cyclic esters (lactones) is 1. The Bertz CT molecular complexity index is 785. The minimum atomic E-state index is -1.33. The van der Waals surface area contributed by atoms with Crippen molar-refractivity contribution in [2.45, 2.75) is 82.9 Å². The zero-order valence-corrected chi connectivity index (χ0v) is 20.0. The molecule has 0 bridgehead atoms. The van der Waals surface area contributed by atoms with Crippen molar-refractivity contribution in [3.8, 4) is 0 Å². The smallest absolute Gasteiger partial charge is 0.324 e. The molecule has 3 aliphatic rings. The first-order valence-electron chi connectivity index (χ1n) is 11.3. The van der Waals surface area contributed by atoms with Crippen molar-refractivity contribution >= 4 is 22.7 Å². The Labute approximate surface area is 187 Å². The second kappa shape index (κ2) is 9.57. The largest absolute Gasteiger partial charge is 0.462 e. The summed E-state index contributed by atoms with van der Waals surface area (Å²) in [7, 11) is -1.33. The molecule has 174 valence electrons. The van der Waals surface area contributed by atoms with Gasteiger partial charge in [-0.15, -0.1) is 0 Å². The SMILES string of the molecule is C[C@H]1C=C2C=C[C@H](C)[C@H](CC[C@@H]3C[C@@H](O)CC(=O)O3)[C@H]2[C@@H](OC(=O)C(C)(C)S(C)=O)C1. The number of esters is 2. The minimum Gasteiger partial charge on any atom is -0.462 e. The third-order valence-electron chi connectivity index (χ3n) is 7.12. The summed E-state index contributed by atoms with van der Waals surface area (Å²) in [4.78, 5) is 24.6. The van der Waals surface area contributed by atoms with Crippen LogP contribution in [-0.4, -0.2) is 50.6 Å². The molecule has 1 fully saturated rings. The lowest BCUT2D eigenvalue weighted by atomic mass is 9.65. The summed E-state index contributed by atoms with van der Waals surface area (Å²) in [5.74, 6) is 0.104. The molecule has 3 rings (SSSR count). The third kappa shape index (κ3) is 5.48. The molecule has 0 aromatic carbocycles. The zero-order chi connectivity index (χ0) is 22.9. The van der Waals surface area contributed by atoms with Crippen LogP contribution in [0.4, 0.5) is 0 Å². The number of aliphatic hydroxyl groups is 1. The van der Waals surface area contributed by atoms with Crippen LogP contribution in [0.15, 0.2) is 23.8 Å². The number of allylic oxidation sites excluding steroid dienone is 3. The van der Waals surface area contributed by atoms with E-state index in [2.05, 4.69) is 32.1 Å². The molecular formula is C24H36O6S. The van der Waals surface area contributed by atoms with Crippen LogP contribution in [0.1, 0.15) is 59.8 Å². The topological polar surface area (TPSA) is 89.9 Å². The Morgan fingerprint density at radius 3 is 2.65 bits per heavy atom. The summed E-state index contributed by atoms with van der Waals surface area (Å²) >= 11 is 0. The molecule has 0 aromatic heterocycles. The average molecular weight is 453 g/mol. The zero-order valence-electron chi connectivity index (χ0n) is 19.2. The van der Waals surface area contributed by atoms with Gasteiger partial charge in [0.1, 0.15) is 17.0 Å². The highest BCUT2D eigenvalue weighted by Gasteiger charge is 2.44. The Hall–Kier alpha value is -1.47. The highest BCUT2D eigenvalue weighted by Crippen LogP contribution is 2.45. The van der Waals surface area contributed by atoms with E-state index in [1.54, 1.807) is 13.8 Å². The molecule has 1 saturated heterocycles. The van der Waals surface area contributed by atoms with E-state index in [-0.39, 0.29) is 48.3 Å². The Morgan fingerprint density at radius 1 is 1.29 bits per heavy atom. The standard InChI is InChI=1S/C24H36O6S/c1-14-10-16-7-6-15(2)19(9-8-18-12-17(25)13-21(26)29-18)22(16)20(11-14)30-23(27)24(3,4)31(5)28/h6-7,10,14-15,17-20,22,25H,8-9,11-13H2,1-5H3/t14-,15-,17+,18+,19-,20-,22-,31?/m0/s1. The summed E-state index contributed by atoms with van der Waals surface area (Å²) in [6, 6.07) is 0. The van der Waals surface area contributed by atoms with Gasteiger partial charge in [0.2, 0.25) is 0 Å². The van der Waals surface area contributed by atoms with Crippen molar-refractivity contribution in [2.24, 2.45) is 23.7 Å². The summed E-state index contributed by atoms with van der Waals surface area (Å²) < 4.78 is 22.5. The van der Waals surface area contributed by atoms with Crippen LogP contribution in [0, 0.1) is 23.7 Å². The molecule has 0 aromatic rings. The number of fused-ring (bicyclic) bond motifs is 1. The Kier molecular flexibility index (Phi) is 7.47. The third-order valence-corrected chi connectivity index (χ3v) is 8.73. The molecule has 0 amide bonds. The van der Waals surface area contributed by atoms with Crippen LogP contribution in [-0.2, 0) is 29.9 Å². The van der Waals surface area contributed by atoms with Crippen LogP contribution < -0.4 is 0 Å². The van der Waals surface area contributed by atoms with Crippen LogP contribution in [0.5, 0.6) is 0 Å². The number of carbonyl (C=O) groups excluding carboxylic acids is 2. The van der Waals surface area contributed by atoms with Gasteiger partial charge in [0.05, 0.1) is 12.5 Å². The lowest BCUT2D eigenvalue weighted by Gasteiger charge is -2.44. The van der Waals surface area contributed by atoms with Crippen LogP contribution in [0.3, 0.4) is 0 Å². The molecule has 6 nitrogen and oxygen atoms in total. The molecule has 1 aliphatic heterocycles. The van der Waals surface area contributed by atoms with Gasteiger partial charge in [0.15, 0.2) is 0 Å². The maximum absolute atomic E-state index is 12.9. The van der Waals surface area contributed by atoms with Gasteiger partial charge >= 0.3 is 11.9 Å². The average Bonchev–Trinajstić information content (AvgIpc) is 2.66. The molecule has 8 atom stereocenters. The van der Waals surface area contributed by atoms with Gasteiger partial charge in [-0.25, -0.2) is 0 Å². The van der Waals surface area contributed by atoms with E-state index in [9.17, 15) is 18.9 Å². The first-order chi connectivity index (χ1) is 14.5. The first-order valence-corrected chi connectivity index (χ1v) is 12.9. The van der Waals surface area contributed by atoms with Crippen molar-refractivity contribution in [1.82, 2.24) is 0 Å². The second-order valence-electron chi connectivity index (χ2n) is 9.98. The molecule has 0 radical (unpaired) electrons. The number of aliphatic hydroxyl groups excluding tert-OH is 1. The van der Waals surface area contributed by atoms with Gasteiger partial charge in [-0.2, -0.15) is 0 Å². The van der Waals surface area contributed by atoms with E-state index in [0.717, 1.165) is 12.8 Å². The molecule has 1 unspecified atom stereocenters. The highest BCUT2D eigenvalue weighted by atomic mass is 32.2. The maximum atomic E-state index is 12.9. The van der Waals surface area contributed by atoms with E-state index in [4.69, 9.17) is 9.47 Å². The van der Waals surface area contributed by atoms with Gasteiger partial charge in [-0.05, 0) is 56.4 Å². The highest BCUT2D eigenvalue weighted by molar-refractivity contribution is 7.86. The maximum Gasteiger partial charge on any atom is 0.324 e. The molecule has 2 aliphatic carbocycles. The van der Waals surface area contributed by atoms with Crippen molar-refractivity contribution in [3.63, 3.8) is 0 Å². The molecular weight excluding hydrogens is 416 g/mol. The number of hydrogen-bond donors (Lipinski definition) is 1. The normalized spacial score (nSPS) is 36.8. The van der Waals surface area contributed by atoms with Crippen molar-refractivity contribution in [2.75, 3.05) is 6.26 Å². The van der Waals surface area contributed by atoms with E-state index < -0.39 is 27.6 Å². The number of carbonyl (C=O) groups is 2. The molecule has 0 saturated carbocycles. The van der Waals surface area contributed by atoms with Gasteiger partial charge in [0.25, 0.3) is 0 Å². The summed E-state index contributed by atoms with van der Waals surface area (Å²) in [6.45, 7) is 7.62. The number of ether oxygens (including phenoxy) is 2.